The van der Waals surface area contributed by atoms with Crippen LogP contribution in [0.3, 0.4) is 0 Å². The minimum Gasteiger partial charge on any atom is -0.377 e. The summed E-state index contributed by atoms with van der Waals surface area (Å²) in [5.41, 5.74) is 1.23. The summed E-state index contributed by atoms with van der Waals surface area (Å²) in [6.45, 7) is 15.6. The fourth-order valence-corrected chi connectivity index (χ4v) is 4.67. The third-order valence-corrected chi connectivity index (χ3v) is 6.16. The normalized spacial score (nSPS) is 23.3. The lowest BCUT2D eigenvalue weighted by Gasteiger charge is -2.39. The van der Waals surface area contributed by atoms with Crippen molar-refractivity contribution in [1.29, 1.82) is 0 Å². The highest BCUT2D eigenvalue weighted by molar-refractivity contribution is 14.0. The molecule has 2 aliphatic rings. The number of aryl methyl sites for hydroxylation is 1. The van der Waals surface area contributed by atoms with Gasteiger partial charge in [-0.2, -0.15) is 0 Å². The summed E-state index contributed by atoms with van der Waals surface area (Å²) in [5, 5.41) is 7.13. The van der Waals surface area contributed by atoms with Crippen LogP contribution in [0.2, 0.25) is 0 Å². The van der Waals surface area contributed by atoms with Gasteiger partial charge >= 0.3 is 0 Å². The molecule has 3 rings (SSSR count). The number of ether oxygens (including phenoxy) is 1. The van der Waals surface area contributed by atoms with Crippen molar-refractivity contribution in [3.63, 3.8) is 0 Å². The number of aliphatic imine (C=N–C) groups is 1. The highest BCUT2D eigenvalue weighted by Gasteiger charge is 2.35. The molecular weight excluding hydrogens is 501 g/mol. The van der Waals surface area contributed by atoms with Gasteiger partial charge in [-0.1, -0.05) is 26.8 Å². The van der Waals surface area contributed by atoms with Gasteiger partial charge in [0.15, 0.2) is 5.96 Å². The summed E-state index contributed by atoms with van der Waals surface area (Å²) in [4.78, 5) is 12.0. The summed E-state index contributed by atoms with van der Waals surface area (Å²) in [6.07, 6.45) is 4.81. The van der Waals surface area contributed by atoms with E-state index in [1.807, 2.05) is 0 Å². The number of rotatable bonds is 5. The van der Waals surface area contributed by atoms with E-state index in [1.165, 1.54) is 6.42 Å². The van der Waals surface area contributed by atoms with Gasteiger partial charge in [0.1, 0.15) is 5.82 Å². The minimum atomic E-state index is 0. The van der Waals surface area contributed by atoms with Gasteiger partial charge in [-0.25, -0.2) is 4.98 Å². The molecule has 3 heterocycles. The number of nitrogens with zero attached hydrogens (tertiary/aromatic N) is 3. The van der Waals surface area contributed by atoms with Crippen LogP contribution < -0.4 is 15.5 Å². The van der Waals surface area contributed by atoms with E-state index in [4.69, 9.17) is 9.73 Å². The van der Waals surface area contributed by atoms with E-state index < -0.39 is 0 Å². The predicted octanol–water partition coefficient (Wildman–Crippen LogP) is 4.37. The van der Waals surface area contributed by atoms with Crippen molar-refractivity contribution in [3.05, 3.63) is 23.9 Å². The number of piperidine rings is 1. The van der Waals surface area contributed by atoms with Crippen LogP contribution in [0.15, 0.2) is 23.2 Å². The zero-order valence-electron chi connectivity index (χ0n) is 20.0. The number of guanidine groups is 1. The van der Waals surface area contributed by atoms with E-state index in [9.17, 15) is 0 Å². The molecule has 2 atom stereocenters. The Morgan fingerprint density at radius 3 is 2.61 bits per heavy atom. The molecule has 2 aliphatic heterocycles. The molecule has 7 heteroatoms. The van der Waals surface area contributed by atoms with Crippen molar-refractivity contribution in [2.24, 2.45) is 16.3 Å². The number of anilines is 1. The molecule has 0 aromatic carbocycles. The highest BCUT2D eigenvalue weighted by Crippen LogP contribution is 2.34. The van der Waals surface area contributed by atoms with Gasteiger partial charge in [-0.3, -0.25) is 4.99 Å². The lowest BCUT2D eigenvalue weighted by Crippen LogP contribution is -2.49. The summed E-state index contributed by atoms with van der Waals surface area (Å²) >= 11 is 0. The van der Waals surface area contributed by atoms with Crippen LogP contribution in [0.25, 0.3) is 0 Å². The van der Waals surface area contributed by atoms with E-state index >= 15 is 0 Å². The van der Waals surface area contributed by atoms with Crippen molar-refractivity contribution in [1.82, 2.24) is 15.6 Å². The summed E-state index contributed by atoms with van der Waals surface area (Å²) in [7, 11) is 0. The first kappa shape index (κ1) is 26.2. The van der Waals surface area contributed by atoms with Crippen LogP contribution in [0, 0.1) is 18.3 Å². The van der Waals surface area contributed by atoms with Crippen LogP contribution in [0.5, 0.6) is 0 Å². The number of nitrogens with one attached hydrogen (secondary N) is 2. The molecular formula is C24H42IN5O. The van der Waals surface area contributed by atoms with Crippen molar-refractivity contribution in [2.75, 3.05) is 37.7 Å². The van der Waals surface area contributed by atoms with Gasteiger partial charge in [0.05, 0.1) is 6.10 Å². The second kappa shape index (κ2) is 12.2. The summed E-state index contributed by atoms with van der Waals surface area (Å²) in [5.74, 6) is 2.53. The molecule has 1 aromatic rings. The number of pyridine rings is 1. The zero-order valence-corrected chi connectivity index (χ0v) is 22.3. The zero-order chi connectivity index (χ0) is 21.6. The molecule has 2 N–H and O–H groups in total. The van der Waals surface area contributed by atoms with Crippen molar-refractivity contribution in [3.8, 4) is 0 Å². The molecule has 176 valence electrons. The van der Waals surface area contributed by atoms with Crippen molar-refractivity contribution in [2.45, 2.75) is 72.4 Å². The average Bonchev–Trinajstić information content (AvgIpc) is 2.72. The molecule has 2 unspecified atom stereocenters. The lowest BCUT2D eigenvalue weighted by molar-refractivity contribution is -0.0823. The van der Waals surface area contributed by atoms with Crippen LogP contribution >= 0.6 is 24.0 Å². The molecule has 6 nitrogen and oxygen atoms in total. The second-order valence-corrected chi connectivity index (χ2v) is 9.82. The van der Waals surface area contributed by atoms with Gasteiger partial charge in [0, 0.05) is 50.4 Å². The number of aromatic nitrogens is 1. The molecule has 0 amide bonds. The number of hydrogen-bond acceptors (Lipinski definition) is 4. The summed E-state index contributed by atoms with van der Waals surface area (Å²) in [6, 6.07) is 6.71. The minimum absolute atomic E-state index is 0. The Kier molecular flexibility index (Phi) is 10.3. The Hall–Kier alpha value is -1.09. The van der Waals surface area contributed by atoms with Gasteiger partial charge in [-0.05, 0) is 57.1 Å². The second-order valence-electron chi connectivity index (χ2n) is 9.82. The predicted molar refractivity (Wildman–Crippen MR) is 141 cm³/mol. The van der Waals surface area contributed by atoms with Crippen LogP contribution in [0.4, 0.5) is 5.82 Å². The summed E-state index contributed by atoms with van der Waals surface area (Å²) < 4.78 is 6.14. The Labute approximate surface area is 206 Å². The van der Waals surface area contributed by atoms with Crippen molar-refractivity contribution >= 4 is 35.8 Å². The van der Waals surface area contributed by atoms with Crippen LogP contribution in [0.1, 0.15) is 59.1 Å². The smallest absolute Gasteiger partial charge is 0.191 e. The van der Waals surface area contributed by atoms with Crippen LogP contribution in [-0.2, 0) is 4.74 Å². The number of hydrogen-bond donors (Lipinski definition) is 2. The molecule has 0 bridgehead atoms. The Bertz CT molecular complexity index is 697. The SMILES string of the molecule is CCNC(=NCC1CCCOC1C(C)(C)C)NC1CCN(c2cccc(C)n2)CC1.I. The monoisotopic (exact) mass is 543 g/mol. The Morgan fingerprint density at radius 2 is 1.97 bits per heavy atom. The quantitative estimate of drug-likeness (QED) is 0.328. The van der Waals surface area contributed by atoms with E-state index in [2.05, 4.69) is 73.3 Å². The molecule has 0 radical (unpaired) electrons. The molecule has 31 heavy (non-hydrogen) atoms. The van der Waals surface area contributed by atoms with Crippen molar-refractivity contribution < 1.29 is 4.74 Å². The van der Waals surface area contributed by atoms with E-state index in [-0.39, 0.29) is 35.5 Å². The molecule has 0 spiro atoms. The Balaban J connectivity index is 0.00000341. The first-order valence-corrected chi connectivity index (χ1v) is 11.7. The fraction of sp³-hybridized carbons (Fsp3) is 0.750. The largest absolute Gasteiger partial charge is 0.377 e. The maximum absolute atomic E-state index is 6.14. The van der Waals surface area contributed by atoms with Gasteiger partial charge in [0.25, 0.3) is 0 Å². The lowest BCUT2D eigenvalue weighted by atomic mass is 9.78. The van der Waals surface area contributed by atoms with Gasteiger partial charge in [0.2, 0.25) is 0 Å². The Morgan fingerprint density at radius 1 is 1.23 bits per heavy atom. The molecule has 2 fully saturated rings. The maximum atomic E-state index is 6.14. The number of halogens is 1. The fourth-order valence-electron chi connectivity index (χ4n) is 4.67. The standard InChI is InChI=1S/C24H41N5O.HI/c1-6-25-23(26-17-19-10-8-16-30-22(19)24(3,4)5)28-20-12-14-29(15-13-20)21-11-7-9-18(2)27-21;/h7,9,11,19-20,22H,6,8,10,12-17H2,1-5H3,(H2,25,26,28);1H. The molecule has 0 saturated carbocycles. The molecule has 2 saturated heterocycles. The van der Waals surface area contributed by atoms with Crippen LogP contribution in [-0.4, -0.2) is 55.9 Å². The topological polar surface area (TPSA) is 61.8 Å². The van der Waals surface area contributed by atoms with E-state index in [0.29, 0.717) is 12.0 Å². The van der Waals surface area contributed by atoms with Gasteiger partial charge < -0.3 is 20.3 Å². The highest BCUT2D eigenvalue weighted by atomic mass is 127. The maximum Gasteiger partial charge on any atom is 0.191 e. The molecule has 0 aliphatic carbocycles. The first-order valence-electron chi connectivity index (χ1n) is 11.7. The van der Waals surface area contributed by atoms with E-state index in [1.54, 1.807) is 0 Å². The first-order chi connectivity index (χ1) is 14.4. The average molecular weight is 544 g/mol. The van der Waals surface area contributed by atoms with Gasteiger partial charge in [-0.15, -0.1) is 24.0 Å². The van der Waals surface area contributed by atoms with E-state index in [0.717, 1.165) is 69.5 Å². The molecule has 1 aromatic heterocycles. The third-order valence-electron chi connectivity index (χ3n) is 6.16. The third kappa shape index (κ3) is 7.77.